The standard InChI is InChI=1S/C25H26N2O4/c1-3-31-22-13-8-18-6-4-5-7-21(18)24(22)25(29)26-15-17-14-23(28)27(16-17)19-9-11-20(30-2)12-10-19/h4-13,17H,3,14-16H2,1-2H3,(H,26,29). The zero-order chi connectivity index (χ0) is 21.8. The highest BCUT2D eigenvalue weighted by Crippen LogP contribution is 2.29. The molecule has 1 unspecified atom stereocenters. The summed E-state index contributed by atoms with van der Waals surface area (Å²) in [5, 5.41) is 4.86. The number of hydrogen-bond acceptors (Lipinski definition) is 4. The van der Waals surface area contributed by atoms with Gasteiger partial charge in [0, 0.05) is 31.1 Å². The molecule has 1 atom stereocenters. The normalized spacial score (nSPS) is 15.9. The van der Waals surface area contributed by atoms with Crippen molar-refractivity contribution < 1.29 is 19.1 Å². The van der Waals surface area contributed by atoms with Gasteiger partial charge in [0.15, 0.2) is 0 Å². The van der Waals surface area contributed by atoms with Gasteiger partial charge < -0.3 is 19.7 Å². The van der Waals surface area contributed by atoms with Gasteiger partial charge in [0.05, 0.1) is 19.3 Å². The predicted molar refractivity (Wildman–Crippen MR) is 121 cm³/mol. The Hall–Kier alpha value is -3.54. The van der Waals surface area contributed by atoms with Crippen molar-refractivity contribution in [2.24, 2.45) is 5.92 Å². The Morgan fingerprint density at radius 1 is 1.10 bits per heavy atom. The van der Waals surface area contributed by atoms with Gasteiger partial charge in [-0.05, 0) is 48.0 Å². The average Bonchev–Trinajstić information content (AvgIpc) is 3.18. The summed E-state index contributed by atoms with van der Waals surface area (Å²) in [7, 11) is 1.61. The Kier molecular flexibility index (Phi) is 6.07. The molecule has 0 aromatic heterocycles. The quantitative estimate of drug-likeness (QED) is 0.629. The second-order valence-electron chi connectivity index (χ2n) is 7.58. The number of ether oxygens (including phenoxy) is 2. The van der Waals surface area contributed by atoms with Crippen molar-refractivity contribution in [3.8, 4) is 11.5 Å². The fourth-order valence-electron chi connectivity index (χ4n) is 4.02. The molecule has 0 aliphatic carbocycles. The minimum atomic E-state index is -0.185. The SMILES string of the molecule is CCOc1ccc2ccccc2c1C(=O)NCC1CC(=O)N(c2ccc(OC)cc2)C1. The zero-order valence-electron chi connectivity index (χ0n) is 17.8. The molecule has 2 amide bonds. The molecule has 160 valence electrons. The van der Waals surface area contributed by atoms with Crippen LogP contribution in [0.5, 0.6) is 11.5 Å². The summed E-state index contributed by atoms with van der Waals surface area (Å²) >= 11 is 0. The number of fused-ring (bicyclic) bond motifs is 1. The first-order valence-electron chi connectivity index (χ1n) is 10.5. The van der Waals surface area contributed by atoms with E-state index in [-0.39, 0.29) is 17.7 Å². The molecule has 1 N–H and O–H groups in total. The Morgan fingerprint density at radius 2 is 1.87 bits per heavy atom. The van der Waals surface area contributed by atoms with Gasteiger partial charge in [-0.3, -0.25) is 9.59 Å². The topological polar surface area (TPSA) is 67.9 Å². The first-order valence-corrected chi connectivity index (χ1v) is 10.5. The van der Waals surface area contributed by atoms with Crippen LogP contribution in [-0.4, -0.2) is 38.6 Å². The average molecular weight is 418 g/mol. The van der Waals surface area contributed by atoms with E-state index in [0.29, 0.717) is 37.4 Å². The van der Waals surface area contributed by atoms with E-state index in [1.165, 1.54) is 0 Å². The van der Waals surface area contributed by atoms with Crippen molar-refractivity contribution in [1.82, 2.24) is 5.32 Å². The van der Waals surface area contributed by atoms with Gasteiger partial charge in [0.25, 0.3) is 5.91 Å². The fourth-order valence-corrected chi connectivity index (χ4v) is 4.02. The zero-order valence-corrected chi connectivity index (χ0v) is 17.8. The summed E-state index contributed by atoms with van der Waals surface area (Å²) in [6.45, 7) is 3.37. The van der Waals surface area contributed by atoms with Crippen LogP contribution in [0.4, 0.5) is 5.69 Å². The minimum Gasteiger partial charge on any atom is -0.497 e. The second-order valence-corrected chi connectivity index (χ2v) is 7.58. The van der Waals surface area contributed by atoms with Crippen molar-refractivity contribution in [2.45, 2.75) is 13.3 Å². The molecule has 3 aromatic carbocycles. The number of nitrogens with zero attached hydrogens (tertiary/aromatic N) is 1. The van der Waals surface area contributed by atoms with E-state index in [1.54, 1.807) is 12.0 Å². The minimum absolute atomic E-state index is 0.0454. The Bertz CT molecular complexity index is 1090. The molecule has 1 aliphatic rings. The molecule has 3 aromatic rings. The van der Waals surface area contributed by atoms with Crippen LogP contribution in [0.2, 0.25) is 0 Å². The Labute approximate surface area is 181 Å². The summed E-state index contributed by atoms with van der Waals surface area (Å²) < 4.78 is 10.9. The van der Waals surface area contributed by atoms with Gasteiger partial charge in [-0.25, -0.2) is 0 Å². The molecule has 31 heavy (non-hydrogen) atoms. The van der Waals surface area contributed by atoms with Crippen LogP contribution >= 0.6 is 0 Å². The first-order chi connectivity index (χ1) is 15.1. The maximum atomic E-state index is 13.1. The Morgan fingerprint density at radius 3 is 2.61 bits per heavy atom. The van der Waals surface area contributed by atoms with E-state index >= 15 is 0 Å². The molecular formula is C25H26N2O4. The van der Waals surface area contributed by atoms with E-state index in [0.717, 1.165) is 22.2 Å². The summed E-state index contributed by atoms with van der Waals surface area (Å²) in [6.07, 6.45) is 0.403. The number of carbonyl (C=O) groups is 2. The van der Waals surface area contributed by atoms with E-state index in [2.05, 4.69) is 5.32 Å². The lowest BCUT2D eigenvalue weighted by Gasteiger charge is -2.18. The third-order valence-corrected chi connectivity index (χ3v) is 5.56. The molecule has 1 fully saturated rings. The van der Waals surface area contributed by atoms with Crippen molar-refractivity contribution in [2.75, 3.05) is 31.7 Å². The van der Waals surface area contributed by atoms with E-state index in [9.17, 15) is 9.59 Å². The monoisotopic (exact) mass is 418 g/mol. The number of carbonyl (C=O) groups excluding carboxylic acids is 2. The maximum Gasteiger partial charge on any atom is 0.255 e. The van der Waals surface area contributed by atoms with Crippen molar-refractivity contribution in [3.63, 3.8) is 0 Å². The van der Waals surface area contributed by atoms with Crippen LogP contribution in [0, 0.1) is 5.92 Å². The lowest BCUT2D eigenvalue weighted by atomic mass is 10.0. The molecular weight excluding hydrogens is 392 g/mol. The number of nitrogens with one attached hydrogen (secondary N) is 1. The second kappa shape index (κ2) is 9.08. The van der Waals surface area contributed by atoms with Crippen molar-refractivity contribution in [1.29, 1.82) is 0 Å². The number of rotatable bonds is 7. The Balaban J connectivity index is 1.47. The summed E-state index contributed by atoms with van der Waals surface area (Å²) in [6, 6.07) is 19.0. The number of methoxy groups -OCH3 is 1. The smallest absolute Gasteiger partial charge is 0.255 e. The van der Waals surface area contributed by atoms with Gasteiger partial charge in [-0.1, -0.05) is 30.3 Å². The van der Waals surface area contributed by atoms with E-state index in [1.807, 2.05) is 67.6 Å². The number of amides is 2. The highest BCUT2D eigenvalue weighted by Gasteiger charge is 2.31. The third kappa shape index (κ3) is 4.33. The van der Waals surface area contributed by atoms with E-state index < -0.39 is 0 Å². The molecule has 0 bridgehead atoms. The van der Waals surface area contributed by atoms with Crippen LogP contribution in [0.1, 0.15) is 23.7 Å². The molecule has 6 heteroatoms. The van der Waals surface area contributed by atoms with Gasteiger partial charge in [0.1, 0.15) is 11.5 Å². The third-order valence-electron chi connectivity index (χ3n) is 5.56. The molecule has 1 saturated heterocycles. The van der Waals surface area contributed by atoms with Crippen molar-refractivity contribution >= 4 is 28.3 Å². The summed E-state index contributed by atoms with van der Waals surface area (Å²) in [5.41, 5.74) is 1.38. The summed E-state index contributed by atoms with van der Waals surface area (Å²) in [4.78, 5) is 27.4. The molecule has 1 heterocycles. The first kappa shape index (κ1) is 20.7. The van der Waals surface area contributed by atoms with Gasteiger partial charge in [-0.2, -0.15) is 0 Å². The molecule has 4 rings (SSSR count). The van der Waals surface area contributed by atoms with Crippen LogP contribution in [0.25, 0.3) is 10.8 Å². The molecule has 0 saturated carbocycles. The van der Waals surface area contributed by atoms with Crippen LogP contribution in [-0.2, 0) is 4.79 Å². The lowest BCUT2D eigenvalue weighted by Crippen LogP contribution is -2.31. The molecule has 1 aliphatic heterocycles. The van der Waals surface area contributed by atoms with Gasteiger partial charge in [0.2, 0.25) is 5.91 Å². The number of hydrogen-bond donors (Lipinski definition) is 1. The lowest BCUT2D eigenvalue weighted by molar-refractivity contribution is -0.117. The predicted octanol–water partition coefficient (Wildman–Crippen LogP) is 4.03. The summed E-state index contributed by atoms with van der Waals surface area (Å²) in [5.74, 6) is 1.24. The van der Waals surface area contributed by atoms with Crippen molar-refractivity contribution in [3.05, 3.63) is 66.2 Å². The highest BCUT2D eigenvalue weighted by atomic mass is 16.5. The van der Waals surface area contributed by atoms with Crippen LogP contribution in [0.3, 0.4) is 0 Å². The fraction of sp³-hybridized carbons (Fsp3) is 0.280. The van der Waals surface area contributed by atoms with E-state index in [4.69, 9.17) is 9.47 Å². The largest absolute Gasteiger partial charge is 0.497 e. The van der Waals surface area contributed by atoms with Gasteiger partial charge >= 0.3 is 0 Å². The van der Waals surface area contributed by atoms with Gasteiger partial charge in [-0.15, -0.1) is 0 Å². The highest BCUT2D eigenvalue weighted by molar-refractivity contribution is 6.09. The van der Waals surface area contributed by atoms with Crippen LogP contribution in [0.15, 0.2) is 60.7 Å². The molecule has 6 nitrogen and oxygen atoms in total. The number of benzene rings is 3. The molecule has 0 radical (unpaired) electrons. The maximum absolute atomic E-state index is 13.1. The van der Waals surface area contributed by atoms with Crippen LogP contribution < -0.4 is 19.7 Å². The number of anilines is 1. The molecule has 0 spiro atoms.